The van der Waals surface area contributed by atoms with Gasteiger partial charge in [-0.3, -0.25) is 9.63 Å². The SMILES string of the molecule is O=C(NOCCO)c1cc2[nH]cnc2c(Cl)c1Nc1ccc(Br)cc1Cl. The lowest BCUT2D eigenvalue weighted by Crippen LogP contribution is -2.26. The van der Waals surface area contributed by atoms with E-state index in [-0.39, 0.29) is 23.8 Å². The van der Waals surface area contributed by atoms with Gasteiger partial charge in [-0.15, -0.1) is 0 Å². The minimum absolute atomic E-state index is 0.0346. The van der Waals surface area contributed by atoms with E-state index in [1.165, 1.54) is 6.33 Å². The molecule has 0 radical (unpaired) electrons. The number of carbonyl (C=O) groups is 1. The molecule has 0 saturated heterocycles. The van der Waals surface area contributed by atoms with Gasteiger partial charge in [0.05, 0.1) is 52.0 Å². The average molecular weight is 460 g/mol. The third kappa shape index (κ3) is 3.94. The smallest absolute Gasteiger partial charge is 0.277 e. The van der Waals surface area contributed by atoms with Crippen molar-refractivity contribution in [3.63, 3.8) is 0 Å². The Morgan fingerprint density at radius 2 is 2.15 bits per heavy atom. The molecule has 10 heteroatoms. The summed E-state index contributed by atoms with van der Waals surface area (Å²) in [5, 5.41) is 12.6. The number of hydroxylamine groups is 1. The number of aromatic amines is 1. The summed E-state index contributed by atoms with van der Waals surface area (Å²) in [6.45, 7) is -0.257. The first-order valence-electron chi connectivity index (χ1n) is 7.42. The van der Waals surface area contributed by atoms with Crippen molar-refractivity contribution in [1.82, 2.24) is 15.4 Å². The number of rotatable bonds is 6. The number of aromatic nitrogens is 2. The first-order valence-corrected chi connectivity index (χ1v) is 8.96. The van der Waals surface area contributed by atoms with Crippen molar-refractivity contribution in [2.75, 3.05) is 18.5 Å². The summed E-state index contributed by atoms with van der Waals surface area (Å²) in [6, 6.07) is 6.87. The van der Waals surface area contributed by atoms with E-state index in [9.17, 15) is 4.79 Å². The summed E-state index contributed by atoms with van der Waals surface area (Å²) in [5.74, 6) is -0.535. The summed E-state index contributed by atoms with van der Waals surface area (Å²) in [5.41, 5.74) is 4.49. The second kappa shape index (κ2) is 8.24. The number of H-pyrrole nitrogens is 1. The van der Waals surface area contributed by atoms with Crippen molar-refractivity contribution in [3.05, 3.63) is 50.7 Å². The molecule has 0 saturated carbocycles. The van der Waals surface area contributed by atoms with E-state index in [0.29, 0.717) is 27.4 Å². The fourth-order valence-corrected chi connectivity index (χ4v) is 3.31. The number of hydrogen-bond acceptors (Lipinski definition) is 5. The maximum Gasteiger partial charge on any atom is 0.277 e. The zero-order chi connectivity index (χ0) is 18.7. The van der Waals surface area contributed by atoms with Crippen LogP contribution in [0.5, 0.6) is 0 Å². The molecule has 3 aromatic rings. The lowest BCUT2D eigenvalue weighted by Gasteiger charge is -2.15. The minimum atomic E-state index is -0.535. The fraction of sp³-hybridized carbons (Fsp3) is 0.125. The highest BCUT2D eigenvalue weighted by atomic mass is 79.9. The number of amides is 1. The number of carbonyl (C=O) groups excluding carboxylic acids is 1. The summed E-state index contributed by atoms with van der Waals surface area (Å²) in [7, 11) is 0. The van der Waals surface area contributed by atoms with Gasteiger partial charge in [0.1, 0.15) is 5.52 Å². The molecule has 0 atom stereocenters. The quantitative estimate of drug-likeness (QED) is 0.329. The Labute approximate surface area is 166 Å². The Morgan fingerprint density at radius 3 is 2.88 bits per heavy atom. The molecule has 0 aliphatic rings. The molecule has 0 unspecified atom stereocenters. The number of aliphatic hydroxyl groups is 1. The molecule has 0 aliphatic heterocycles. The molecule has 7 nitrogen and oxygen atoms in total. The molecule has 136 valence electrons. The first-order chi connectivity index (χ1) is 12.5. The first kappa shape index (κ1) is 18.9. The second-order valence-electron chi connectivity index (χ2n) is 5.16. The van der Waals surface area contributed by atoms with Crippen LogP contribution in [0, 0.1) is 0 Å². The van der Waals surface area contributed by atoms with Gasteiger partial charge in [-0.2, -0.15) is 0 Å². The van der Waals surface area contributed by atoms with Crippen LogP contribution in [0.15, 0.2) is 35.1 Å². The highest BCUT2D eigenvalue weighted by Crippen LogP contribution is 2.37. The van der Waals surface area contributed by atoms with E-state index in [1.807, 2.05) is 0 Å². The van der Waals surface area contributed by atoms with Crippen LogP contribution < -0.4 is 10.8 Å². The van der Waals surface area contributed by atoms with E-state index >= 15 is 0 Å². The maximum absolute atomic E-state index is 12.5. The number of halogens is 3. The van der Waals surface area contributed by atoms with Gasteiger partial charge in [-0.25, -0.2) is 10.5 Å². The molecule has 0 fully saturated rings. The molecule has 1 amide bonds. The fourth-order valence-electron chi connectivity index (χ4n) is 2.29. The van der Waals surface area contributed by atoms with Crippen LogP contribution in [0.25, 0.3) is 11.0 Å². The number of imidazole rings is 1. The Morgan fingerprint density at radius 1 is 1.35 bits per heavy atom. The van der Waals surface area contributed by atoms with Gasteiger partial charge < -0.3 is 15.4 Å². The van der Waals surface area contributed by atoms with Crippen molar-refractivity contribution in [2.24, 2.45) is 0 Å². The number of nitrogens with one attached hydrogen (secondary N) is 3. The Balaban J connectivity index is 2.04. The number of nitrogens with zero attached hydrogens (tertiary/aromatic N) is 1. The van der Waals surface area contributed by atoms with Gasteiger partial charge >= 0.3 is 0 Å². The molecular weight excluding hydrogens is 447 g/mol. The molecule has 0 aliphatic carbocycles. The molecule has 1 heterocycles. The Kier molecular flexibility index (Phi) is 6.00. The normalized spacial score (nSPS) is 10.9. The standard InChI is InChI=1S/C16H13BrCl2N4O3/c17-8-1-2-11(10(18)5-8)22-14-9(16(25)23-26-4-3-24)6-12-15(13(14)19)21-7-20-12/h1-2,5-7,22,24H,3-4H2,(H,20,21)(H,23,25). The molecular formula is C16H13BrCl2N4O3. The van der Waals surface area contributed by atoms with Crippen LogP contribution in [-0.2, 0) is 4.84 Å². The Bertz CT molecular complexity index is 964. The van der Waals surface area contributed by atoms with Crippen LogP contribution in [0.1, 0.15) is 10.4 Å². The largest absolute Gasteiger partial charge is 0.394 e. The van der Waals surface area contributed by atoms with Crippen molar-refractivity contribution < 1.29 is 14.7 Å². The van der Waals surface area contributed by atoms with Gasteiger partial charge in [-0.1, -0.05) is 39.1 Å². The highest BCUT2D eigenvalue weighted by molar-refractivity contribution is 9.10. The topological polar surface area (TPSA) is 99.3 Å². The van der Waals surface area contributed by atoms with Crippen molar-refractivity contribution in [1.29, 1.82) is 0 Å². The second-order valence-corrected chi connectivity index (χ2v) is 6.87. The lowest BCUT2D eigenvalue weighted by molar-refractivity contribution is 0.0169. The van der Waals surface area contributed by atoms with E-state index < -0.39 is 5.91 Å². The zero-order valence-electron chi connectivity index (χ0n) is 13.1. The molecule has 4 N–H and O–H groups in total. The van der Waals surface area contributed by atoms with Crippen LogP contribution in [-0.4, -0.2) is 34.2 Å². The Hall–Kier alpha value is -1.84. The van der Waals surface area contributed by atoms with Crippen molar-refractivity contribution in [2.45, 2.75) is 0 Å². The monoisotopic (exact) mass is 458 g/mol. The van der Waals surface area contributed by atoms with Gasteiger partial charge in [0.25, 0.3) is 5.91 Å². The summed E-state index contributed by atoms with van der Waals surface area (Å²) in [6.07, 6.45) is 1.48. The molecule has 26 heavy (non-hydrogen) atoms. The number of hydrogen-bond donors (Lipinski definition) is 4. The predicted octanol–water partition coefficient (Wildman–Crippen LogP) is 4.03. The average Bonchev–Trinajstić information content (AvgIpc) is 3.08. The van der Waals surface area contributed by atoms with Gasteiger partial charge in [0, 0.05) is 4.47 Å². The van der Waals surface area contributed by atoms with Gasteiger partial charge in [0.15, 0.2) is 0 Å². The maximum atomic E-state index is 12.5. The van der Waals surface area contributed by atoms with Crippen LogP contribution >= 0.6 is 39.1 Å². The van der Waals surface area contributed by atoms with Crippen LogP contribution in [0.4, 0.5) is 11.4 Å². The van der Waals surface area contributed by atoms with Crippen LogP contribution in [0.2, 0.25) is 10.0 Å². The molecule has 2 aromatic carbocycles. The van der Waals surface area contributed by atoms with Crippen molar-refractivity contribution >= 4 is 67.4 Å². The molecule has 1 aromatic heterocycles. The summed E-state index contributed by atoms with van der Waals surface area (Å²) in [4.78, 5) is 24.5. The molecule has 3 rings (SSSR count). The van der Waals surface area contributed by atoms with Crippen LogP contribution in [0.3, 0.4) is 0 Å². The number of anilines is 2. The van der Waals surface area contributed by atoms with E-state index in [1.54, 1.807) is 24.3 Å². The van der Waals surface area contributed by atoms with E-state index in [4.69, 9.17) is 33.1 Å². The number of benzene rings is 2. The highest BCUT2D eigenvalue weighted by Gasteiger charge is 2.20. The van der Waals surface area contributed by atoms with E-state index in [2.05, 4.69) is 36.7 Å². The molecule has 0 bridgehead atoms. The lowest BCUT2D eigenvalue weighted by atomic mass is 10.1. The third-order valence-electron chi connectivity index (χ3n) is 3.45. The van der Waals surface area contributed by atoms with Gasteiger partial charge in [-0.05, 0) is 24.3 Å². The van der Waals surface area contributed by atoms with E-state index in [0.717, 1.165) is 4.47 Å². The summed E-state index contributed by atoms with van der Waals surface area (Å²) < 4.78 is 0.817. The van der Waals surface area contributed by atoms with Crippen molar-refractivity contribution in [3.8, 4) is 0 Å². The number of aliphatic hydroxyl groups excluding tert-OH is 1. The summed E-state index contributed by atoms with van der Waals surface area (Å²) >= 11 is 16.1. The minimum Gasteiger partial charge on any atom is -0.394 e. The zero-order valence-corrected chi connectivity index (χ0v) is 16.2. The number of fused-ring (bicyclic) bond motifs is 1. The van der Waals surface area contributed by atoms with Gasteiger partial charge in [0.2, 0.25) is 0 Å². The third-order valence-corrected chi connectivity index (χ3v) is 4.62. The predicted molar refractivity (Wildman–Crippen MR) is 104 cm³/mol. The molecule has 0 spiro atoms.